The Bertz CT molecular complexity index is 541. The predicted octanol–water partition coefficient (Wildman–Crippen LogP) is 1.51. The van der Waals surface area contributed by atoms with E-state index < -0.39 is 0 Å². The van der Waals surface area contributed by atoms with Gasteiger partial charge in [-0.2, -0.15) is 5.10 Å². The molecular weight excluding hydrogens is 236 g/mol. The van der Waals surface area contributed by atoms with Crippen LogP contribution in [-0.4, -0.2) is 21.8 Å². The van der Waals surface area contributed by atoms with Crippen LogP contribution in [-0.2, 0) is 11.8 Å². The maximum absolute atomic E-state index is 11.3. The predicted molar refractivity (Wildman–Crippen MR) is 68.4 cm³/mol. The number of thioether (sulfide) groups is 1. The molecular formula is C11H12N4OS. The van der Waals surface area contributed by atoms with E-state index in [1.54, 1.807) is 10.9 Å². The van der Waals surface area contributed by atoms with Gasteiger partial charge in [0.1, 0.15) is 0 Å². The summed E-state index contributed by atoms with van der Waals surface area (Å²) in [5, 5.41) is 15.0. The molecule has 17 heavy (non-hydrogen) atoms. The van der Waals surface area contributed by atoms with Crippen LogP contribution in [0, 0.1) is 5.41 Å². The van der Waals surface area contributed by atoms with Crippen molar-refractivity contribution < 1.29 is 4.79 Å². The molecule has 2 heterocycles. The minimum atomic E-state index is -0.115. The monoisotopic (exact) mass is 248 g/mol. The number of hydrogen-bond donors (Lipinski definition) is 2. The number of aromatic nitrogens is 2. The lowest BCUT2D eigenvalue weighted by Gasteiger charge is -2.02. The van der Waals surface area contributed by atoms with Crippen molar-refractivity contribution in [3.8, 4) is 0 Å². The van der Waals surface area contributed by atoms with Gasteiger partial charge in [0.15, 0.2) is 5.78 Å². The molecule has 0 aromatic carbocycles. The molecule has 0 saturated carbocycles. The highest BCUT2D eigenvalue weighted by atomic mass is 32.2. The standard InChI is InChI=1S/C11H12N4OS/c1-7(16)9(3-12)11-13-5-10(17-11)8-4-14-15(2)6-8/h3-6,12-13H,1-2H3/b11-9-,12-3?. The van der Waals surface area contributed by atoms with E-state index >= 15 is 0 Å². The van der Waals surface area contributed by atoms with Crippen molar-refractivity contribution in [2.45, 2.75) is 6.92 Å². The average Bonchev–Trinajstić information content (AvgIpc) is 2.87. The third kappa shape index (κ3) is 2.31. The molecule has 0 aliphatic carbocycles. The molecule has 0 bridgehead atoms. The van der Waals surface area contributed by atoms with Gasteiger partial charge in [-0.15, -0.1) is 0 Å². The molecule has 1 aliphatic rings. The van der Waals surface area contributed by atoms with E-state index in [0.717, 1.165) is 16.7 Å². The van der Waals surface area contributed by atoms with Crippen LogP contribution in [0.15, 0.2) is 29.2 Å². The highest BCUT2D eigenvalue weighted by Gasteiger charge is 2.18. The first-order valence-electron chi connectivity index (χ1n) is 5.01. The van der Waals surface area contributed by atoms with Gasteiger partial charge in [0.05, 0.1) is 16.8 Å². The van der Waals surface area contributed by atoms with Crippen molar-refractivity contribution >= 4 is 28.7 Å². The van der Waals surface area contributed by atoms with Gasteiger partial charge < -0.3 is 10.7 Å². The Morgan fingerprint density at radius 1 is 1.65 bits per heavy atom. The second kappa shape index (κ2) is 4.58. The summed E-state index contributed by atoms with van der Waals surface area (Å²) in [5.74, 6) is -0.115. The number of aryl methyl sites for hydroxylation is 1. The van der Waals surface area contributed by atoms with Gasteiger partial charge in [0.25, 0.3) is 0 Å². The van der Waals surface area contributed by atoms with Crippen molar-refractivity contribution in [1.29, 1.82) is 5.41 Å². The van der Waals surface area contributed by atoms with E-state index in [9.17, 15) is 4.79 Å². The molecule has 1 aromatic heterocycles. The quantitative estimate of drug-likeness (QED) is 0.628. The number of carbonyl (C=O) groups excluding carboxylic acids is 1. The van der Waals surface area contributed by atoms with Crippen LogP contribution in [0.5, 0.6) is 0 Å². The lowest BCUT2D eigenvalue weighted by atomic mass is 10.2. The van der Waals surface area contributed by atoms with E-state index in [1.165, 1.54) is 18.7 Å². The number of nitrogens with zero attached hydrogens (tertiary/aromatic N) is 2. The second-order valence-corrected chi connectivity index (χ2v) is 4.65. The zero-order valence-corrected chi connectivity index (χ0v) is 10.3. The molecule has 0 fully saturated rings. The van der Waals surface area contributed by atoms with E-state index in [4.69, 9.17) is 5.41 Å². The van der Waals surface area contributed by atoms with Gasteiger partial charge >= 0.3 is 0 Å². The number of allylic oxidation sites excluding steroid dienone is 1. The smallest absolute Gasteiger partial charge is 0.163 e. The molecule has 2 rings (SSSR count). The SMILES string of the molecule is CC(=O)/C(C=N)=C1/NC=C(c2cnn(C)c2)S1. The highest BCUT2D eigenvalue weighted by molar-refractivity contribution is 8.12. The molecule has 0 unspecified atom stereocenters. The number of rotatable bonds is 3. The summed E-state index contributed by atoms with van der Waals surface area (Å²) in [6.07, 6.45) is 6.57. The van der Waals surface area contributed by atoms with E-state index in [2.05, 4.69) is 10.4 Å². The summed E-state index contributed by atoms with van der Waals surface area (Å²) in [4.78, 5) is 12.3. The van der Waals surface area contributed by atoms with Crippen LogP contribution in [0.3, 0.4) is 0 Å². The average molecular weight is 248 g/mol. The van der Waals surface area contributed by atoms with Crippen molar-refractivity contribution in [3.63, 3.8) is 0 Å². The fraction of sp³-hybridized carbons (Fsp3) is 0.182. The van der Waals surface area contributed by atoms with E-state index in [0.29, 0.717) is 10.6 Å². The summed E-state index contributed by atoms with van der Waals surface area (Å²) in [5.41, 5.74) is 1.39. The zero-order valence-electron chi connectivity index (χ0n) is 9.52. The molecule has 0 spiro atoms. The van der Waals surface area contributed by atoms with Gasteiger partial charge in [0, 0.05) is 36.1 Å². The summed E-state index contributed by atoms with van der Waals surface area (Å²) in [6, 6.07) is 0. The molecule has 1 aromatic rings. The molecule has 0 amide bonds. The maximum Gasteiger partial charge on any atom is 0.163 e. The first kappa shape index (κ1) is 11.7. The van der Waals surface area contributed by atoms with Crippen molar-refractivity contribution in [1.82, 2.24) is 15.1 Å². The van der Waals surface area contributed by atoms with Crippen LogP contribution >= 0.6 is 11.8 Å². The maximum atomic E-state index is 11.3. The summed E-state index contributed by atoms with van der Waals surface area (Å²) in [6.45, 7) is 1.46. The lowest BCUT2D eigenvalue weighted by Crippen LogP contribution is -2.07. The fourth-order valence-electron chi connectivity index (χ4n) is 1.45. The van der Waals surface area contributed by atoms with Crippen LogP contribution in [0.4, 0.5) is 0 Å². The van der Waals surface area contributed by atoms with Gasteiger partial charge in [-0.3, -0.25) is 9.48 Å². The third-order valence-electron chi connectivity index (χ3n) is 2.30. The van der Waals surface area contributed by atoms with E-state index in [-0.39, 0.29) is 5.78 Å². The largest absolute Gasteiger partial charge is 0.354 e. The number of hydrogen-bond acceptors (Lipinski definition) is 5. The minimum Gasteiger partial charge on any atom is -0.354 e. The first-order valence-corrected chi connectivity index (χ1v) is 5.82. The van der Waals surface area contributed by atoms with Gasteiger partial charge in [-0.25, -0.2) is 0 Å². The van der Waals surface area contributed by atoms with Gasteiger partial charge in [-0.1, -0.05) is 11.8 Å². The van der Waals surface area contributed by atoms with Crippen LogP contribution in [0.1, 0.15) is 12.5 Å². The molecule has 0 radical (unpaired) electrons. The zero-order chi connectivity index (χ0) is 12.4. The highest BCUT2D eigenvalue weighted by Crippen LogP contribution is 2.37. The lowest BCUT2D eigenvalue weighted by molar-refractivity contribution is -0.113. The van der Waals surface area contributed by atoms with Gasteiger partial charge in [0.2, 0.25) is 0 Å². The van der Waals surface area contributed by atoms with Crippen molar-refractivity contribution in [3.05, 3.63) is 34.8 Å². The summed E-state index contributed by atoms with van der Waals surface area (Å²) < 4.78 is 1.72. The molecule has 6 heteroatoms. The second-order valence-electron chi connectivity index (χ2n) is 3.60. The topological polar surface area (TPSA) is 70.8 Å². The summed E-state index contributed by atoms with van der Waals surface area (Å²) >= 11 is 1.44. The minimum absolute atomic E-state index is 0.115. The molecule has 1 aliphatic heterocycles. The fourth-order valence-corrected chi connectivity index (χ4v) is 2.44. The molecule has 0 atom stereocenters. The molecule has 88 valence electrons. The number of ketones is 1. The Morgan fingerprint density at radius 2 is 2.41 bits per heavy atom. The molecule has 0 saturated heterocycles. The number of nitrogens with one attached hydrogen (secondary N) is 2. The number of Topliss-reactive ketones (excluding diaryl/α,β-unsaturated/α-hetero) is 1. The van der Waals surface area contributed by atoms with Crippen LogP contribution in [0.25, 0.3) is 4.91 Å². The Hall–Kier alpha value is -1.82. The Balaban J connectivity index is 2.24. The third-order valence-corrected chi connectivity index (χ3v) is 3.42. The summed E-state index contributed by atoms with van der Waals surface area (Å²) in [7, 11) is 1.85. The Morgan fingerprint density at radius 3 is 2.94 bits per heavy atom. The van der Waals surface area contributed by atoms with Crippen molar-refractivity contribution in [2.75, 3.05) is 0 Å². The van der Waals surface area contributed by atoms with Crippen molar-refractivity contribution in [2.24, 2.45) is 7.05 Å². The first-order chi connectivity index (χ1) is 8.11. The Kier molecular flexibility index (Phi) is 3.14. The Labute approximate surface area is 103 Å². The van der Waals surface area contributed by atoms with E-state index in [1.807, 2.05) is 19.4 Å². The number of carbonyl (C=O) groups is 1. The van der Waals surface area contributed by atoms with Gasteiger partial charge in [-0.05, 0) is 6.92 Å². The normalized spacial score (nSPS) is 17.4. The van der Waals surface area contributed by atoms with Crippen LogP contribution in [0.2, 0.25) is 0 Å². The molecule has 5 nitrogen and oxygen atoms in total. The molecule has 2 N–H and O–H groups in total. The van der Waals surface area contributed by atoms with Crippen LogP contribution < -0.4 is 5.32 Å².